The molecular weight excluding hydrogens is 302 g/mol. The zero-order valence-corrected chi connectivity index (χ0v) is 13.4. The fraction of sp³-hybridized carbons (Fsp3) is 0.625. The molecular formula is C16H24BrNO. The number of benzene rings is 1. The number of nitrogens with zero attached hydrogens (tertiary/aromatic N) is 1. The standard InChI is InChI=1S/C16H24BrNO/c1-19-16-8-6-14(7-9-16)10-13-18(12-3-11-17)15-4-2-5-15/h6-9,15H,2-5,10-13H2,1H3. The normalized spacial score (nSPS) is 15.5. The molecule has 1 aliphatic carbocycles. The summed E-state index contributed by atoms with van der Waals surface area (Å²) in [5.74, 6) is 0.943. The minimum atomic E-state index is 0.845. The summed E-state index contributed by atoms with van der Waals surface area (Å²) in [4.78, 5) is 2.68. The molecule has 2 rings (SSSR count). The van der Waals surface area contributed by atoms with Crippen LogP contribution in [-0.4, -0.2) is 36.5 Å². The molecule has 0 aromatic heterocycles. The first-order chi connectivity index (χ1) is 9.33. The van der Waals surface area contributed by atoms with Gasteiger partial charge >= 0.3 is 0 Å². The Hall–Kier alpha value is -0.540. The number of alkyl halides is 1. The average molecular weight is 326 g/mol. The molecule has 1 fully saturated rings. The zero-order chi connectivity index (χ0) is 13.5. The third-order valence-corrected chi connectivity index (χ3v) is 4.58. The van der Waals surface area contributed by atoms with E-state index >= 15 is 0 Å². The van der Waals surface area contributed by atoms with Crippen molar-refractivity contribution in [3.8, 4) is 5.75 Å². The third kappa shape index (κ3) is 4.50. The topological polar surface area (TPSA) is 12.5 Å². The maximum atomic E-state index is 5.20. The van der Waals surface area contributed by atoms with Crippen molar-refractivity contribution < 1.29 is 4.74 Å². The smallest absolute Gasteiger partial charge is 0.118 e. The molecule has 0 N–H and O–H groups in total. The number of hydrogen-bond acceptors (Lipinski definition) is 2. The molecule has 1 aromatic carbocycles. The lowest BCUT2D eigenvalue weighted by Gasteiger charge is -2.37. The van der Waals surface area contributed by atoms with Crippen LogP contribution in [0.15, 0.2) is 24.3 Å². The van der Waals surface area contributed by atoms with E-state index in [1.54, 1.807) is 7.11 Å². The zero-order valence-electron chi connectivity index (χ0n) is 11.8. The van der Waals surface area contributed by atoms with Gasteiger partial charge in [0.2, 0.25) is 0 Å². The molecule has 0 atom stereocenters. The second-order valence-corrected chi connectivity index (χ2v) is 6.05. The van der Waals surface area contributed by atoms with Crippen molar-refractivity contribution in [3.05, 3.63) is 29.8 Å². The van der Waals surface area contributed by atoms with Crippen molar-refractivity contribution in [3.63, 3.8) is 0 Å². The fourth-order valence-electron chi connectivity index (χ4n) is 2.56. The largest absolute Gasteiger partial charge is 0.497 e. The summed E-state index contributed by atoms with van der Waals surface area (Å²) >= 11 is 3.54. The van der Waals surface area contributed by atoms with Gasteiger partial charge < -0.3 is 9.64 Å². The third-order valence-electron chi connectivity index (χ3n) is 4.02. The molecule has 2 nitrogen and oxygen atoms in total. The van der Waals surface area contributed by atoms with Crippen molar-refractivity contribution in [1.82, 2.24) is 4.90 Å². The minimum Gasteiger partial charge on any atom is -0.497 e. The summed E-state index contributed by atoms with van der Waals surface area (Å²) in [5, 5.41) is 1.11. The quantitative estimate of drug-likeness (QED) is 0.672. The molecule has 3 heteroatoms. The van der Waals surface area contributed by atoms with Gasteiger partial charge in [0, 0.05) is 17.9 Å². The van der Waals surface area contributed by atoms with Gasteiger partial charge in [-0.1, -0.05) is 34.5 Å². The van der Waals surface area contributed by atoms with Gasteiger partial charge in [0.05, 0.1) is 7.11 Å². The molecule has 0 radical (unpaired) electrons. The van der Waals surface area contributed by atoms with E-state index in [0.29, 0.717) is 0 Å². The Bertz CT molecular complexity index is 362. The van der Waals surface area contributed by atoms with Crippen LogP contribution in [0.5, 0.6) is 5.75 Å². The highest BCUT2D eigenvalue weighted by molar-refractivity contribution is 9.09. The van der Waals surface area contributed by atoms with Crippen molar-refractivity contribution in [2.45, 2.75) is 38.1 Å². The molecule has 1 aliphatic rings. The highest BCUT2D eigenvalue weighted by Gasteiger charge is 2.23. The second-order valence-electron chi connectivity index (χ2n) is 5.26. The molecule has 0 spiro atoms. The molecule has 0 bridgehead atoms. The Kier molecular flexibility index (Phi) is 6.18. The molecule has 0 amide bonds. The Labute approximate surface area is 125 Å². The number of halogens is 1. The van der Waals surface area contributed by atoms with Gasteiger partial charge in [-0.05, 0) is 49.9 Å². The van der Waals surface area contributed by atoms with E-state index in [2.05, 4.69) is 45.1 Å². The first kappa shape index (κ1) is 14.9. The van der Waals surface area contributed by atoms with Crippen LogP contribution in [-0.2, 0) is 6.42 Å². The lowest BCUT2D eigenvalue weighted by molar-refractivity contribution is 0.129. The van der Waals surface area contributed by atoms with E-state index in [1.807, 2.05) is 0 Å². The molecule has 1 aromatic rings. The molecule has 0 heterocycles. The minimum absolute atomic E-state index is 0.845. The second kappa shape index (κ2) is 7.91. The summed E-state index contributed by atoms with van der Waals surface area (Å²) < 4.78 is 5.20. The van der Waals surface area contributed by atoms with Crippen molar-refractivity contribution in [2.75, 3.05) is 25.5 Å². The van der Waals surface area contributed by atoms with E-state index in [4.69, 9.17) is 4.74 Å². The van der Waals surface area contributed by atoms with Gasteiger partial charge in [0.25, 0.3) is 0 Å². The molecule has 0 unspecified atom stereocenters. The highest BCUT2D eigenvalue weighted by Crippen LogP contribution is 2.25. The van der Waals surface area contributed by atoms with Crippen molar-refractivity contribution in [1.29, 1.82) is 0 Å². The van der Waals surface area contributed by atoms with Crippen LogP contribution in [0.4, 0.5) is 0 Å². The Balaban J connectivity index is 1.82. The van der Waals surface area contributed by atoms with Gasteiger partial charge in [0.15, 0.2) is 0 Å². The van der Waals surface area contributed by atoms with Crippen LogP contribution < -0.4 is 4.74 Å². The lowest BCUT2D eigenvalue weighted by atomic mass is 9.91. The summed E-state index contributed by atoms with van der Waals surface area (Å²) in [5.41, 5.74) is 1.41. The maximum absolute atomic E-state index is 5.20. The molecule has 19 heavy (non-hydrogen) atoms. The van der Waals surface area contributed by atoms with Gasteiger partial charge in [-0.3, -0.25) is 0 Å². The Morgan fingerprint density at radius 2 is 1.95 bits per heavy atom. The van der Waals surface area contributed by atoms with E-state index in [1.165, 1.54) is 44.3 Å². The van der Waals surface area contributed by atoms with Crippen LogP contribution in [0.2, 0.25) is 0 Å². The van der Waals surface area contributed by atoms with E-state index < -0.39 is 0 Å². The first-order valence-electron chi connectivity index (χ1n) is 7.26. The molecule has 1 saturated carbocycles. The highest BCUT2D eigenvalue weighted by atomic mass is 79.9. The number of hydrogen-bond donors (Lipinski definition) is 0. The predicted molar refractivity (Wildman–Crippen MR) is 84.3 cm³/mol. The van der Waals surface area contributed by atoms with Crippen LogP contribution in [0.3, 0.4) is 0 Å². The van der Waals surface area contributed by atoms with Crippen LogP contribution in [0.25, 0.3) is 0 Å². The maximum Gasteiger partial charge on any atom is 0.118 e. The predicted octanol–water partition coefficient (Wildman–Crippen LogP) is 3.88. The van der Waals surface area contributed by atoms with Gasteiger partial charge in [-0.2, -0.15) is 0 Å². The first-order valence-corrected chi connectivity index (χ1v) is 8.38. The van der Waals surface area contributed by atoms with E-state index in [-0.39, 0.29) is 0 Å². The monoisotopic (exact) mass is 325 g/mol. The van der Waals surface area contributed by atoms with Crippen molar-refractivity contribution in [2.24, 2.45) is 0 Å². The Morgan fingerprint density at radius 3 is 2.47 bits per heavy atom. The average Bonchev–Trinajstić information content (AvgIpc) is 2.40. The van der Waals surface area contributed by atoms with Gasteiger partial charge in [-0.25, -0.2) is 0 Å². The van der Waals surface area contributed by atoms with E-state index in [9.17, 15) is 0 Å². The van der Waals surface area contributed by atoms with Gasteiger partial charge in [-0.15, -0.1) is 0 Å². The molecule has 0 saturated heterocycles. The fourth-order valence-corrected chi connectivity index (χ4v) is 2.81. The number of methoxy groups -OCH3 is 1. The molecule has 106 valence electrons. The SMILES string of the molecule is COc1ccc(CCN(CCCBr)C2CCC2)cc1. The Morgan fingerprint density at radius 1 is 1.21 bits per heavy atom. The number of ether oxygens (including phenoxy) is 1. The summed E-state index contributed by atoms with van der Waals surface area (Å²) in [6, 6.07) is 9.32. The van der Waals surface area contributed by atoms with Crippen molar-refractivity contribution >= 4 is 15.9 Å². The lowest BCUT2D eigenvalue weighted by Crippen LogP contribution is -2.42. The van der Waals surface area contributed by atoms with E-state index in [0.717, 1.165) is 23.5 Å². The van der Waals surface area contributed by atoms with Crippen LogP contribution in [0, 0.1) is 0 Å². The van der Waals surface area contributed by atoms with Crippen LogP contribution >= 0.6 is 15.9 Å². The summed E-state index contributed by atoms with van der Waals surface area (Å²) in [7, 11) is 1.72. The number of rotatable bonds is 8. The molecule has 0 aliphatic heterocycles. The van der Waals surface area contributed by atoms with Gasteiger partial charge in [0.1, 0.15) is 5.75 Å². The summed E-state index contributed by atoms with van der Waals surface area (Å²) in [6.45, 7) is 2.41. The van der Waals surface area contributed by atoms with Crippen LogP contribution in [0.1, 0.15) is 31.2 Å². The summed E-state index contributed by atoms with van der Waals surface area (Å²) in [6.07, 6.45) is 6.59.